The highest BCUT2D eigenvalue weighted by atomic mass is 16.7. The Bertz CT molecular complexity index is 831. The van der Waals surface area contributed by atoms with Gasteiger partial charge in [0, 0.05) is 6.08 Å². The zero-order valence-electron chi connectivity index (χ0n) is 18.2. The number of aliphatic hydroxyl groups is 7. The first kappa shape index (κ1) is 27.9. The third-order valence-corrected chi connectivity index (χ3v) is 5.22. The summed E-state index contributed by atoms with van der Waals surface area (Å²) in [6.07, 6.45) is -12.7. The van der Waals surface area contributed by atoms with Crippen LogP contribution in [0.15, 0.2) is 24.3 Å². The van der Waals surface area contributed by atoms with Crippen molar-refractivity contribution in [1.29, 1.82) is 0 Å². The largest absolute Gasteiger partial charge is 0.504 e. The average Bonchev–Trinajstić information content (AvgIpc) is 2.82. The van der Waals surface area contributed by atoms with Crippen molar-refractivity contribution in [2.75, 3.05) is 13.2 Å². The van der Waals surface area contributed by atoms with Crippen molar-refractivity contribution in [3.05, 3.63) is 29.8 Å². The number of hydrogen-bond acceptors (Lipinski definition) is 13. The summed E-state index contributed by atoms with van der Waals surface area (Å²) in [7, 11) is 0. The molecule has 0 unspecified atom stereocenters. The highest BCUT2D eigenvalue weighted by molar-refractivity contribution is 5.87. The van der Waals surface area contributed by atoms with Crippen molar-refractivity contribution in [1.82, 2.24) is 0 Å². The molecule has 0 amide bonds. The van der Waals surface area contributed by atoms with Crippen LogP contribution >= 0.6 is 0 Å². The van der Waals surface area contributed by atoms with Gasteiger partial charge in [-0.25, -0.2) is 4.79 Å². The molecule has 13 nitrogen and oxygen atoms in total. The smallest absolute Gasteiger partial charge is 0.331 e. The van der Waals surface area contributed by atoms with Gasteiger partial charge in [0.2, 0.25) is 0 Å². The van der Waals surface area contributed by atoms with E-state index in [0.29, 0.717) is 5.56 Å². The van der Waals surface area contributed by atoms with Crippen LogP contribution in [0.4, 0.5) is 0 Å². The molecule has 0 aromatic heterocycles. The zero-order chi connectivity index (χ0) is 25.6. The summed E-state index contributed by atoms with van der Waals surface area (Å²) in [5.74, 6) is -1.89. The van der Waals surface area contributed by atoms with Gasteiger partial charge in [-0.1, -0.05) is 6.07 Å². The van der Waals surface area contributed by atoms with Gasteiger partial charge in [-0.3, -0.25) is 0 Å². The van der Waals surface area contributed by atoms with Gasteiger partial charge >= 0.3 is 5.97 Å². The number of benzene rings is 1. The zero-order valence-corrected chi connectivity index (χ0v) is 18.2. The molecule has 0 saturated carbocycles. The number of ether oxygens (including phenoxy) is 3. The van der Waals surface area contributed by atoms with Gasteiger partial charge in [0.25, 0.3) is 0 Å². The maximum absolute atomic E-state index is 12.4. The fourth-order valence-corrected chi connectivity index (χ4v) is 3.22. The maximum Gasteiger partial charge on any atom is 0.331 e. The fourth-order valence-electron chi connectivity index (χ4n) is 3.22. The van der Waals surface area contributed by atoms with Crippen LogP contribution in [0.25, 0.3) is 6.08 Å². The first-order chi connectivity index (χ1) is 16.0. The first-order valence-corrected chi connectivity index (χ1v) is 10.3. The van der Waals surface area contributed by atoms with E-state index in [2.05, 4.69) is 0 Å². The lowest BCUT2D eigenvalue weighted by molar-refractivity contribution is -0.322. The van der Waals surface area contributed by atoms with Crippen molar-refractivity contribution in [3.63, 3.8) is 0 Å². The third-order valence-electron chi connectivity index (χ3n) is 5.22. The molecule has 1 aromatic rings. The summed E-state index contributed by atoms with van der Waals surface area (Å²) in [6, 6.07) is 3.72. The Morgan fingerprint density at radius 2 is 1.62 bits per heavy atom. The second-order valence-corrected chi connectivity index (χ2v) is 7.76. The Morgan fingerprint density at radius 1 is 1.00 bits per heavy atom. The lowest BCUT2D eigenvalue weighted by Crippen LogP contribution is -2.60. The van der Waals surface area contributed by atoms with E-state index in [4.69, 9.17) is 14.2 Å². The van der Waals surface area contributed by atoms with Gasteiger partial charge in [-0.15, -0.1) is 0 Å². The predicted octanol–water partition coefficient (Wildman–Crippen LogP) is -3.06. The average molecular weight is 490 g/mol. The minimum atomic E-state index is -1.81. The molecule has 0 aliphatic carbocycles. The molecule has 0 spiro atoms. The highest BCUT2D eigenvalue weighted by Gasteiger charge is 2.46. The van der Waals surface area contributed by atoms with E-state index in [1.54, 1.807) is 0 Å². The van der Waals surface area contributed by atoms with Crippen LogP contribution in [0, 0.1) is 0 Å². The van der Waals surface area contributed by atoms with Crippen LogP contribution in [0.2, 0.25) is 0 Å². The predicted molar refractivity (Wildman–Crippen MR) is 112 cm³/mol. The SMILES string of the molecule is C[C@@H]1O[C@@H](O[C@@H]([C@H](OC(=O)/C=C/c2ccc(O)c(O)c2)[C@H](O)CO)[C@@H](O)CO)[C@H](O)[C@H](O)[C@H]1O. The quantitative estimate of drug-likeness (QED) is 0.0903. The van der Waals surface area contributed by atoms with Gasteiger partial charge < -0.3 is 60.2 Å². The van der Waals surface area contributed by atoms with Crippen LogP contribution < -0.4 is 0 Å². The number of esters is 1. The molecule has 0 radical (unpaired) electrons. The van der Waals surface area contributed by atoms with Gasteiger partial charge in [0.1, 0.15) is 36.6 Å². The third kappa shape index (κ3) is 6.85. The van der Waals surface area contributed by atoms with E-state index >= 15 is 0 Å². The highest BCUT2D eigenvalue weighted by Crippen LogP contribution is 2.27. The van der Waals surface area contributed by atoms with E-state index in [9.17, 15) is 50.8 Å². The standard InChI is InChI=1S/C21H30O13/c1-9-16(29)17(30)18(31)21(32-9)34-20(14(27)8-23)19(13(26)7-22)33-15(28)5-3-10-2-4-11(24)12(25)6-10/h2-6,9,13-14,16-27,29-31H,7-8H2,1H3/b5-3+/t9-,13+,14-,16-,17+,18+,19+,20+,21-/m0/s1. The van der Waals surface area contributed by atoms with Gasteiger partial charge in [-0.05, 0) is 30.7 Å². The van der Waals surface area contributed by atoms with Gasteiger partial charge in [0.15, 0.2) is 23.9 Å². The number of carbonyl (C=O) groups is 1. The molecular weight excluding hydrogens is 460 g/mol. The lowest BCUT2D eigenvalue weighted by Gasteiger charge is -2.42. The Balaban J connectivity index is 2.22. The van der Waals surface area contributed by atoms with Crippen LogP contribution in [0.1, 0.15) is 12.5 Å². The van der Waals surface area contributed by atoms with Gasteiger partial charge in [0.05, 0.1) is 19.3 Å². The molecule has 34 heavy (non-hydrogen) atoms. The second kappa shape index (κ2) is 12.4. The Kier molecular flexibility index (Phi) is 10.2. The molecule has 1 aliphatic heterocycles. The molecule has 2 rings (SSSR count). The molecule has 9 atom stereocenters. The minimum Gasteiger partial charge on any atom is -0.504 e. The molecule has 13 heteroatoms. The van der Waals surface area contributed by atoms with Crippen LogP contribution in [-0.2, 0) is 19.0 Å². The van der Waals surface area contributed by atoms with E-state index in [1.165, 1.54) is 25.1 Å². The second-order valence-electron chi connectivity index (χ2n) is 7.76. The van der Waals surface area contributed by atoms with E-state index in [1.807, 2.05) is 0 Å². The number of carbonyl (C=O) groups excluding carboxylic acids is 1. The lowest BCUT2D eigenvalue weighted by atomic mass is 9.99. The summed E-state index contributed by atoms with van der Waals surface area (Å²) in [6.45, 7) is -0.514. The Hall–Kier alpha value is -2.33. The van der Waals surface area contributed by atoms with Gasteiger partial charge in [-0.2, -0.15) is 0 Å². The first-order valence-electron chi connectivity index (χ1n) is 10.3. The van der Waals surface area contributed by atoms with Crippen molar-refractivity contribution >= 4 is 12.0 Å². The van der Waals surface area contributed by atoms with E-state index < -0.39 is 80.1 Å². The van der Waals surface area contributed by atoms with Crippen molar-refractivity contribution in [2.24, 2.45) is 0 Å². The molecule has 1 heterocycles. The molecular formula is C21H30O13. The molecule has 1 saturated heterocycles. The Labute approximate surface area is 194 Å². The molecule has 1 aromatic carbocycles. The summed E-state index contributed by atoms with van der Waals surface area (Å²) in [5, 5.41) is 88.0. The van der Waals surface area contributed by atoms with Crippen LogP contribution in [0.3, 0.4) is 0 Å². The topological polar surface area (TPSA) is 227 Å². The summed E-state index contributed by atoms with van der Waals surface area (Å²) >= 11 is 0. The number of hydrogen-bond donors (Lipinski definition) is 9. The minimum absolute atomic E-state index is 0.301. The van der Waals surface area contributed by atoms with E-state index in [-0.39, 0.29) is 5.75 Å². The summed E-state index contributed by atoms with van der Waals surface area (Å²) in [4.78, 5) is 12.4. The fraction of sp³-hybridized carbons (Fsp3) is 0.571. The van der Waals surface area contributed by atoms with Crippen LogP contribution in [-0.4, -0.2) is 120 Å². The molecule has 0 bridgehead atoms. The van der Waals surface area contributed by atoms with Crippen LogP contribution in [0.5, 0.6) is 11.5 Å². The van der Waals surface area contributed by atoms with Crippen molar-refractivity contribution < 1.29 is 65.0 Å². The number of phenolic OH excluding ortho intramolecular Hbond substituents is 2. The molecule has 1 fully saturated rings. The van der Waals surface area contributed by atoms with E-state index in [0.717, 1.165) is 12.1 Å². The van der Waals surface area contributed by atoms with Crippen molar-refractivity contribution in [3.8, 4) is 11.5 Å². The molecule has 9 N–H and O–H groups in total. The van der Waals surface area contributed by atoms with Crippen molar-refractivity contribution in [2.45, 2.75) is 62.0 Å². The molecule has 192 valence electrons. The number of phenols is 2. The monoisotopic (exact) mass is 490 g/mol. The number of aromatic hydroxyl groups is 2. The normalized spacial score (nSPS) is 28.9. The molecule has 1 aliphatic rings. The summed E-state index contributed by atoms with van der Waals surface area (Å²) in [5.41, 5.74) is 0.301. The summed E-state index contributed by atoms with van der Waals surface area (Å²) < 4.78 is 15.8. The number of rotatable bonds is 10. The maximum atomic E-state index is 12.4. The Morgan fingerprint density at radius 3 is 2.21 bits per heavy atom. The number of aliphatic hydroxyl groups excluding tert-OH is 7.